The molecule has 0 bridgehead atoms. The first kappa shape index (κ1) is 20.9. The van der Waals surface area contributed by atoms with Crippen LogP contribution in [0.5, 0.6) is 5.75 Å². The first-order valence-corrected chi connectivity index (χ1v) is 10.5. The smallest absolute Gasteiger partial charge is 0.275 e. The van der Waals surface area contributed by atoms with Gasteiger partial charge < -0.3 is 18.9 Å². The second-order valence-corrected chi connectivity index (χ2v) is 8.24. The number of methoxy groups -OCH3 is 1. The summed E-state index contributed by atoms with van der Waals surface area (Å²) in [5, 5.41) is 0. The topological polar surface area (TPSA) is 107 Å². The van der Waals surface area contributed by atoms with Crippen molar-refractivity contribution >= 4 is 21.6 Å². The van der Waals surface area contributed by atoms with E-state index in [0.29, 0.717) is 37.7 Å². The number of morpholine rings is 1. The normalized spacial score (nSPS) is 14.5. The monoisotopic (exact) mass is 421 g/mol. The molecule has 0 unspecified atom stereocenters. The van der Waals surface area contributed by atoms with Gasteiger partial charge in [0.2, 0.25) is 5.91 Å². The predicted molar refractivity (Wildman–Crippen MR) is 107 cm³/mol. The number of rotatable bonds is 6. The van der Waals surface area contributed by atoms with Crippen molar-refractivity contribution in [3.05, 3.63) is 52.4 Å². The highest BCUT2D eigenvalue weighted by Crippen LogP contribution is 2.18. The molecule has 1 aromatic heterocycles. The maximum absolute atomic E-state index is 12.8. The summed E-state index contributed by atoms with van der Waals surface area (Å²) >= 11 is 0. The van der Waals surface area contributed by atoms with Gasteiger partial charge in [0.05, 0.1) is 25.2 Å². The third-order valence-corrected chi connectivity index (χ3v) is 6.05. The van der Waals surface area contributed by atoms with Crippen LogP contribution in [0.2, 0.25) is 0 Å². The van der Waals surface area contributed by atoms with Crippen molar-refractivity contribution < 1.29 is 22.7 Å². The Labute approximate surface area is 168 Å². The average molecular weight is 421 g/mol. The molecule has 0 spiro atoms. The Bertz CT molecular complexity index is 1040. The molecule has 29 heavy (non-hydrogen) atoms. The molecule has 0 radical (unpaired) electrons. The Hall–Kier alpha value is -2.85. The zero-order valence-corrected chi connectivity index (χ0v) is 17.1. The fraction of sp³-hybridized carbons (Fsp3) is 0.368. The number of benzene rings is 1. The molecule has 0 aliphatic carbocycles. The molecule has 156 valence electrons. The summed E-state index contributed by atoms with van der Waals surface area (Å²) in [4.78, 5) is 27.0. The van der Waals surface area contributed by atoms with E-state index in [4.69, 9.17) is 9.47 Å². The summed E-state index contributed by atoms with van der Waals surface area (Å²) in [6, 6.07) is 8.80. The van der Waals surface area contributed by atoms with Crippen LogP contribution in [0.4, 0.5) is 5.69 Å². The number of aryl methyl sites for hydroxylation is 1. The SMILES string of the molecule is COc1ccc(S(=O)(=O)Nc2ccc(C)n(CC(=O)N3CCOCC3)c2=O)cc1. The molecule has 2 heterocycles. The van der Waals surface area contributed by atoms with E-state index < -0.39 is 15.6 Å². The van der Waals surface area contributed by atoms with E-state index in [-0.39, 0.29) is 23.0 Å². The van der Waals surface area contributed by atoms with Crippen molar-refractivity contribution in [3.63, 3.8) is 0 Å². The molecule has 1 saturated heterocycles. The lowest BCUT2D eigenvalue weighted by atomic mass is 10.3. The highest BCUT2D eigenvalue weighted by molar-refractivity contribution is 7.92. The van der Waals surface area contributed by atoms with E-state index in [1.165, 1.54) is 42.0 Å². The van der Waals surface area contributed by atoms with Gasteiger partial charge in [0.15, 0.2) is 0 Å². The van der Waals surface area contributed by atoms with Gasteiger partial charge >= 0.3 is 0 Å². The van der Waals surface area contributed by atoms with Crippen molar-refractivity contribution in [1.29, 1.82) is 0 Å². The van der Waals surface area contributed by atoms with E-state index in [9.17, 15) is 18.0 Å². The number of aromatic nitrogens is 1. The number of hydrogen-bond donors (Lipinski definition) is 1. The Kier molecular flexibility index (Phi) is 6.23. The summed E-state index contributed by atoms with van der Waals surface area (Å²) in [6.45, 7) is 3.38. The molecule has 1 fully saturated rings. The van der Waals surface area contributed by atoms with Gasteiger partial charge in [0.25, 0.3) is 15.6 Å². The van der Waals surface area contributed by atoms with Crippen LogP contribution in [-0.2, 0) is 26.1 Å². The van der Waals surface area contributed by atoms with Crippen molar-refractivity contribution in [2.24, 2.45) is 0 Å². The lowest BCUT2D eigenvalue weighted by Crippen LogP contribution is -2.43. The third kappa shape index (κ3) is 4.77. The Morgan fingerprint density at radius 3 is 2.41 bits per heavy atom. The van der Waals surface area contributed by atoms with Crippen molar-refractivity contribution in [3.8, 4) is 5.75 Å². The first-order valence-electron chi connectivity index (χ1n) is 9.04. The Morgan fingerprint density at radius 1 is 1.14 bits per heavy atom. The number of carbonyl (C=O) groups is 1. The molecule has 1 amide bonds. The summed E-state index contributed by atoms with van der Waals surface area (Å²) in [5.74, 6) is 0.303. The number of amides is 1. The van der Waals surface area contributed by atoms with Crippen LogP contribution < -0.4 is 15.0 Å². The minimum Gasteiger partial charge on any atom is -0.497 e. The van der Waals surface area contributed by atoms with E-state index in [0.717, 1.165) is 0 Å². The molecule has 2 aromatic rings. The molecule has 1 aliphatic heterocycles. The highest BCUT2D eigenvalue weighted by atomic mass is 32.2. The Balaban J connectivity index is 1.84. The van der Waals surface area contributed by atoms with E-state index in [1.54, 1.807) is 17.9 Å². The van der Waals surface area contributed by atoms with Crippen LogP contribution >= 0.6 is 0 Å². The number of sulfonamides is 1. The lowest BCUT2D eigenvalue weighted by Gasteiger charge is -2.27. The molecular weight excluding hydrogens is 398 g/mol. The molecule has 10 heteroatoms. The Morgan fingerprint density at radius 2 is 1.79 bits per heavy atom. The van der Waals surface area contributed by atoms with Gasteiger partial charge in [-0.3, -0.25) is 14.3 Å². The molecule has 3 rings (SSSR count). The van der Waals surface area contributed by atoms with Crippen LogP contribution in [0.25, 0.3) is 0 Å². The van der Waals surface area contributed by atoms with Gasteiger partial charge in [-0.05, 0) is 43.3 Å². The number of anilines is 1. The average Bonchev–Trinajstić information content (AvgIpc) is 2.73. The molecular formula is C19H23N3O6S. The van der Waals surface area contributed by atoms with Crippen LogP contribution in [0.1, 0.15) is 5.69 Å². The molecule has 1 aliphatic rings. The van der Waals surface area contributed by atoms with Gasteiger partial charge in [0, 0.05) is 18.8 Å². The minimum atomic E-state index is -3.97. The van der Waals surface area contributed by atoms with E-state index in [2.05, 4.69) is 4.72 Å². The number of nitrogens with one attached hydrogen (secondary N) is 1. The highest BCUT2D eigenvalue weighted by Gasteiger charge is 2.21. The molecule has 1 N–H and O–H groups in total. The summed E-state index contributed by atoms with van der Waals surface area (Å²) in [7, 11) is -2.49. The van der Waals surface area contributed by atoms with E-state index in [1.807, 2.05) is 0 Å². The predicted octanol–water partition coefficient (Wildman–Crippen LogP) is 0.825. The molecule has 0 saturated carbocycles. The number of hydrogen-bond acceptors (Lipinski definition) is 6. The number of ether oxygens (including phenoxy) is 2. The molecule has 1 aromatic carbocycles. The molecule has 0 atom stereocenters. The fourth-order valence-electron chi connectivity index (χ4n) is 2.95. The van der Waals surface area contributed by atoms with E-state index >= 15 is 0 Å². The minimum absolute atomic E-state index is 0.00535. The van der Waals surface area contributed by atoms with Crippen LogP contribution in [-0.4, -0.2) is 57.2 Å². The first-order chi connectivity index (χ1) is 13.8. The lowest BCUT2D eigenvalue weighted by molar-refractivity contribution is -0.135. The quantitative estimate of drug-likeness (QED) is 0.740. The maximum Gasteiger partial charge on any atom is 0.275 e. The van der Waals surface area contributed by atoms with Crippen LogP contribution in [0.15, 0.2) is 46.1 Å². The largest absolute Gasteiger partial charge is 0.497 e. The van der Waals surface area contributed by atoms with Crippen molar-refractivity contribution in [1.82, 2.24) is 9.47 Å². The number of pyridine rings is 1. The molecule has 9 nitrogen and oxygen atoms in total. The van der Waals surface area contributed by atoms with Gasteiger partial charge in [-0.1, -0.05) is 0 Å². The summed E-state index contributed by atoms with van der Waals surface area (Å²) in [5.41, 5.74) is -0.145. The van der Waals surface area contributed by atoms with Gasteiger partial charge in [-0.2, -0.15) is 0 Å². The zero-order valence-electron chi connectivity index (χ0n) is 16.3. The standard InChI is InChI=1S/C19H23N3O6S/c1-14-3-8-17(20-29(25,26)16-6-4-15(27-2)5-7-16)19(24)22(14)13-18(23)21-9-11-28-12-10-21/h3-8,20H,9-13H2,1-2H3. The van der Waals surface area contributed by atoms with Gasteiger partial charge in [-0.25, -0.2) is 8.42 Å². The fourth-order valence-corrected chi connectivity index (χ4v) is 4.01. The number of nitrogens with zero attached hydrogens (tertiary/aromatic N) is 2. The van der Waals surface area contributed by atoms with Gasteiger partial charge in [-0.15, -0.1) is 0 Å². The third-order valence-electron chi connectivity index (χ3n) is 4.66. The van der Waals surface area contributed by atoms with Crippen molar-refractivity contribution in [2.75, 3.05) is 38.1 Å². The summed E-state index contributed by atoms with van der Waals surface area (Å²) < 4.78 is 39.1. The zero-order chi connectivity index (χ0) is 21.0. The number of carbonyl (C=O) groups excluding carboxylic acids is 1. The van der Waals surface area contributed by atoms with Crippen molar-refractivity contribution in [2.45, 2.75) is 18.4 Å². The van der Waals surface area contributed by atoms with Crippen LogP contribution in [0.3, 0.4) is 0 Å². The second kappa shape index (κ2) is 8.66. The second-order valence-electron chi connectivity index (χ2n) is 6.55. The van der Waals surface area contributed by atoms with Gasteiger partial charge in [0.1, 0.15) is 18.0 Å². The maximum atomic E-state index is 12.8. The summed E-state index contributed by atoms with van der Waals surface area (Å²) in [6.07, 6.45) is 0. The van der Waals surface area contributed by atoms with Crippen LogP contribution in [0, 0.1) is 6.92 Å².